The zero-order chi connectivity index (χ0) is 16.2. The number of rotatable bonds is 6. The van der Waals surface area contributed by atoms with Crippen LogP contribution in [0.5, 0.6) is 5.75 Å². The van der Waals surface area contributed by atoms with Crippen LogP contribution in [-0.4, -0.2) is 49.1 Å². The van der Waals surface area contributed by atoms with Crippen molar-refractivity contribution < 1.29 is 4.74 Å². The summed E-state index contributed by atoms with van der Waals surface area (Å²) in [4.78, 5) is 5.29. The van der Waals surface area contributed by atoms with Crippen LogP contribution in [0.2, 0.25) is 0 Å². The fourth-order valence-corrected chi connectivity index (χ4v) is 4.82. The smallest absolute Gasteiger partial charge is 0.122 e. The van der Waals surface area contributed by atoms with Gasteiger partial charge in [-0.2, -0.15) is 0 Å². The van der Waals surface area contributed by atoms with Crippen molar-refractivity contribution in [2.24, 2.45) is 0 Å². The summed E-state index contributed by atoms with van der Waals surface area (Å²) in [5.41, 5.74) is 3.04. The highest BCUT2D eigenvalue weighted by molar-refractivity contribution is 5.45. The zero-order valence-corrected chi connectivity index (χ0v) is 15.0. The van der Waals surface area contributed by atoms with Crippen LogP contribution in [0.25, 0.3) is 0 Å². The predicted molar refractivity (Wildman–Crippen MR) is 98.7 cm³/mol. The molecule has 4 rings (SSSR count). The van der Waals surface area contributed by atoms with E-state index in [9.17, 15) is 0 Å². The molecule has 2 heterocycles. The van der Waals surface area contributed by atoms with Gasteiger partial charge in [0.25, 0.3) is 0 Å². The summed E-state index contributed by atoms with van der Waals surface area (Å²) in [7, 11) is 0. The first-order valence-electron chi connectivity index (χ1n) is 10.1. The van der Waals surface area contributed by atoms with Gasteiger partial charge in [-0.1, -0.05) is 18.6 Å². The quantitative estimate of drug-likeness (QED) is 0.734. The Morgan fingerprint density at radius 2 is 1.75 bits per heavy atom. The van der Waals surface area contributed by atoms with Gasteiger partial charge in [0.15, 0.2) is 0 Å². The minimum atomic E-state index is 0.652. The highest BCUT2D eigenvalue weighted by atomic mass is 16.5. The summed E-state index contributed by atoms with van der Waals surface area (Å²) in [6.07, 6.45) is 10.6. The highest BCUT2D eigenvalue weighted by Gasteiger charge is 2.31. The van der Waals surface area contributed by atoms with Crippen LogP contribution in [-0.2, 0) is 6.42 Å². The first-order chi connectivity index (χ1) is 11.9. The minimum Gasteiger partial charge on any atom is -0.493 e. The summed E-state index contributed by atoms with van der Waals surface area (Å²) in [5.74, 6) is 1.16. The Bertz CT molecular complexity index is 533. The number of fused-ring (bicyclic) bond motifs is 1. The number of nitrogens with zero attached hydrogens (tertiary/aromatic N) is 2. The monoisotopic (exact) mass is 328 g/mol. The lowest BCUT2D eigenvalue weighted by Gasteiger charge is -2.26. The third-order valence-corrected chi connectivity index (χ3v) is 6.10. The Hall–Kier alpha value is -1.06. The van der Waals surface area contributed by atoms with Crippen LogP contribution in [0.4, 0.5) is 0 Å². The second-order valence-corrected chi connectivity index (χ2v) is 7.73. The number of benzene rings is 1. The Labute approximate surface area is 147 Å². The van der Waals surface area contributed by atoms with Crippen LogP contribution in [0.3, 0.4) is 0 Å². The summed E-state index contributed by atoms with van der Waals surface area (Å²) in [5, 5.41) is 0. The van der Waals surface area contributed by atoms with E-state index in [1.807, 2.05) is 0 Å². The molecule has 2 fully saturated rings. The first kappa shape index (κ1) is 16.4. The van der Waals surface area contributed by atoms with E-state index in [1.54, 1.807) is 5.56 Å². The average Bonchev–Trinajstić information content (AvgIpc) is 3.29. The van der Waals surface area contributed by atoms with Crippen LogP contribution in [0.15, 0.2) is 18.2 Å². The standard InChI is InChI=1S/C21H32N2O/c1-2-12-22(13-3-1)14-7-17-24-21-9-6-8-18-19(21)10-11-20(18)23-15-4-5-16-23/h6,8-9,20H,1-5,7,10-17H2. The van der Waals surface area contributed by atoms with Crippen LogP contribution in [0.1, 0.15) is 62.1 Å². The van der Waals surface area contributed by atoms with Gasteiger partial charge >= 0.3 is 0 Å². The van der Waals surface area contributed by atoms with Gasteiger partial charge in [0.05, 0.1) is 6.61 Å². The molecule has 3 heteroatoms. The third kappa shape index (κ3) is 3.62. The molecule has 3 aliphatic rings. The van der Waals surface area contributed by atoms with Gasteiger partial charge in [0, 0.05) is 12.6 Å². The van der Waals surface area contributed by atoms with Crippen molar-refractivity contribution in [3.8, 4) is 5.75 Å². The number of likely N-dealkylation sites (tertiary alicyclic amines) is 2. The van der Waals surface area contributed by atoms with Gasteiger partial charge < -0.3 is 9.64 Å². The third-order valence-electron chi connectivity index (χ3n) is 6.10. The first-order valence-corrected chi connectivity index (χ1v) is 10.1. The maximum atomic E-state index is 6.21. The molecule has 0 radical (unpaired) electrons. The Kier molecular flexibility index (Phi) is 5.39. The number of piperidine rings is 1. The van der Waals surface area contributed by atoms with Gasteiger partial charge in [-0.3, -0.25) is 4.90 Å². The number of hydrogen-bond acceptors (Lipinski definition) is 3. The van der Waals surface area contributed by atoms with E-state index < -0.39 is 0 Å². The van der Waals surface area contributed by atoms with Crippen molar-refractivity contribution in [2.75, 3.05) is 39.3 Å². The molecule has 0 aromatic heterocycles. The van der Waals surface area contributed by atoms with E-state index in [2.05, 4.69) is 28.0 Å². The second kappa shape index (κ2) is 7.88. The number of ether oxygens (including phenoxy) is 1. The largest absolute Gasteiger partial charge is 0.493 e. The summed E-state index contributed by atoms with van der Waals surface area (Å²) < 4.78 is 6.21. The topological polar surface area (TPSA) is 15.7 Å². The van der Waals surface area contributed by atoms with E-state index in [0.29, 0.717) is 6.04 Å². The molecule has 0 saturated carbocycles. The van der Waals surface area contributed by atoms with Crippen molar-refractivity contribution in [2.45, 2.75) is 57.4 Å². The molecule has 1 unspecified atom stereocenters. The molecule has 0 amide bonds. The Balaban J connectivity index is 1.31. The van der Waals surface area contributed by atoms with E-state index in [1.165, 1.54) is 83.2 Å². The predicted octanol–water partition coefficient (Wildman–Crippen LogP) is 4.02. The molecule has 3 nitrogen and oxygen atoms in total. The molecule has 0 spiro atoms. The van der Waals surface area contributed by atoms with E-state index in [-0.39, 0.29) is 0 Å². The van der Waals surface area contributed by atoms with E-state index >= 15 is 0 Å². The van der Waals surface area contributed by atoms with Gasteiger partial charge in [-0.25, -0.2) is 0 Å². The molecule has 1 aromatic carbocycles. The second-order valence-electron chi connectivity index (χ2n) is 7.73. The summed E-state index contributed by atoms with van der Waals surface area (Å²) >= 11 is 0. The lowest BCUT2D eigenvalue weighted by molar-refractivity contribution is 0.204. The van der Waals surface area contributed by atoms with Gasteiger partial charge in [-0.05, 0) is 88.3 Å². The van der Waals surface area contributed by atoms with Crippen molar-refractivity contribution in [3.05, 3.63) is 29.3 Å². The molecule has 1 aromatic rings. The molecule has 0 N–H and O–H groups in total. The number of hydrogen-bond donors (Lipinski definition) is 0. The van der Waals surface area contributed by atoms with Crippen molar-refractivity contribution in [1.29, 1.82) is 0 Å². The van der Waals surface area contributed by atoms with Crippen LogP contribution < -0.4 is 4.74 Å². The van der Waals surface area contributed by atoms with Crippen LogP contribution >= 0.6 is 0 Å². The molecular formula is C21H32N2O. The van der Waals surface area contributed by atoms with E-state index in [4.69, 9.17) is 4.74 Å². The van der Waals surface area contributed by atoms with Crippen LogP contribution in [0, 0.1) is 0 Å². The zero-order valence-electron chi connectivity index (χ0n) is 15.0. The Morgan fingerprint density at radius 3 is 2.58 bits per heavy atom. The lowest BCUT2D eigenvalue weighted by atomic mass is 10.1. The molecular weight excluding hydrogens is 296 g/mol. The van der Waals surface area contributed by atoms with Crippen molar-refractivity contribution in [1.82, 2.24) is 9.80 Å². The summed E-state index contributed by atoms with van der Waals surface area (Å²) in [6.45, 7) is 7.21. The van der Waals surface area contributed by atoms with Gasteiger partial charge in [0.1, 0.15) is 5.75 Å². The fourth-order valence-electron chi connectivity index (χ4n) is 4.82. The highest BCUT2D eigenvalue weighted by Crippen LogP contribution is 2.41. The SMILES string of the molecule is c1cc(OCCCN2CCCCC2)c2c(c1)C(N1CCCC1)CC2. The molecule has 0 bridgehead atoms. The molecule has 2 saturated heterocycles. The van der Waals surface area contributed by atoms with Gasteiger partial charge in [-0.15, -0.1) is 0 Å². The van der Waals surface area contributed by atoms with Crippen molar-refractivity contribution >= 4 is 0 Å². The molecule has 1 atom stereocenters. The summed E-state index contributed by atoms with van der Waals surface area (Å²) in [6, 6.07) is 7.38. The average molecular weight is 329 g/mol. The maximum absolute atomic E-state index is 6.21. The molecule has 24 heavy (non-hydrogen) atoms. The van der Waals surface area contributed by atoms with Crippen molar-refractivity contribution in [3.63, 3.8) is 0 Å². The van der Waals surface area contributed by atoms with E-state index in [0.717, 1.165) is 18.8 Å². The molecule has 2 aliphatic heterocycles. The normalized spacial score (nSPS) is 25.1. The minimum absolute atomic E-state index is 0.652. The molecule has 132 valence electrons. The molecule has 1 aliphatic carbocycles. The maximum Gasteiger partial charge on any atom is 0.122 e. The van der Waals surface area contributed by atoms with Gasteiger partial charge in [0.2, 0.25) is 0 Å². The lowest BCUT2D eigenvalue weighted by Crippen LogP contribution is -2.31. The fraction of sp³-hybridized carbons (Fsp3) is 0.714. The Morgan fingerprint density at radius 1 is 0.958 bits per heavy atom.